The van der Waals surface area contributed by atoms with Gasteiger partial charge in [-0.1, -0.05) is 18.2 Å². The Hall–Kier alpha value is -2.91. The summed E-state index contributed by atoms with van der Waals surface area (Å²) < 4.78 is 0. The van der Waals surface area contributed by atoms with Crippen LogP contribution in [-0.2, 0) is 0 Å². The van der Waals surface area contributed by atoms with Crippen LogP contribution in [-0.4, -0.2) is 4.98 Å². The first-order valence-corrected chi connectivity index (χ1v) is 5.37. The standard InChI is InChI=1S/C15H9N3/c16-10-13-6-4-12(5-7-13)9-14(11-17)15-3-1-2-8-18-15/h1-9H. The van der Waals surface area contributed by atoms with Crippen LogP contribution in [0, 0.1) is 22.7 Å². The van der Waals surface area contributed by atoms with Gasteiger partial charge in [-0.15, -0.1) is 0 Å². The lowest BCUT2D eigenvalue weighted by atomic mass is 10.1. The predicted octanol–water partition coefficient (Wildman–Crippen LogP) is 3.02. The molecule has 1 aromatic carbocycles. The second-order valence-electron chi connectivity index (χ2n) is 3.62. The summed E-state index contributed by atoms with van der Waals surface area (Å²) >= 11 is 0. The zero-order valence-corrected chi connectivity index (χ0v) is 9.54. The number of hydrogen-bond acceptors (Lipinski definition) is 3. The molecule has 2 rings (SSSR count). The molecule has 18 heavy (non-hydrogen) atoms. The van der Waals surface area contributed by atoms with Crippen LogP contribution in [0.3, 0.4) is 0 Å². The van der Waals surface area contributed by atoms with Crippen molar-refractivity contribution in [2.75, 3.05) is 0 Å². The van der Waals surface area contributed by atoms with Gasteiger partial charge in [-0.25, -0.2) is 0 Å². The zero-order valence-electron chi connectivity index (χ0n) is 9.54. The molecule has 0 bridgehead atoms. The topological polar surface area (TPSA) is 60.5 Å². The lowest BCUT2D eigenvalue weighted by Gasteiger charge is -1.98. The van der Waals surface area contributed by atoms with Crippen molar-refractivity contribution >= 4 is 11.6 Å². The minimum Gasteiger partial charge on any atom is -0.256 e. The summed E-state index contributed by atoms with van der Waals surface area (Å²) in [5.74, 6) is 0. The normalized spacial score (nSPS) is 10.4. The fourth-order valence-corrected chi connectivity index (χ4v) is 1.51. The van der Waals surface area contributed by atoms with E-state index in [0.717, 1.165) is 5.56 Å². The van der Waals surface area contributed by atoms with Gasteiger partial charge in [-0.3, -0.25) is 4.98 Å². The summed E-state index contributed by atoms with van der Waals surface area (Å²) in [6, 6.07) is 16.7. The first kappa shape index (κ1) is 11.6. The van der Waals surface area contributed by atoms with Crippen LogP contribution in [0.1, 0.15) is 16.8 Å². The van der Waals surface area contributed by atoms with E-state index >= 15 is 0 Å². The molecule has 0 amide bonds. The maximum Gasteiger partial charge on any atom is 0.101 e. The van der Waals surface area contributed by atoms with Crippen molar-refractivity contribution in [3.05, 3.63) is 65.5 Å². The van der Waals surface area contributed by atoms with Crippen molar-refractivity contribution in [2.45, 2.75) is 0 Å². The molecule has 0 N–H and O–H groups in total. The van der Waals surface area contributed by atoms with Crippen LogP contribution in [0.15, 0.2) is 48.7 Å². The van der Waals surface area contributed by atoms with Crippen molar-refractivity contribution in [3.63, 3.8) is 0 Å². The van der Waals surface area contributed by atoms with Gasteiger partial charge in [0.1, 0.15) is 6.07 Å². The second kappa shape index (κ2) is 5.43. The lowest BCUT2D eigenvalue weighted by molar-refractivity contribution is 1.28. The first-order chi connectivity index (χ1) is 8.83. The summed E-state index contributed by atoms with van der Waals surface area (Å²) in [6.07, 6.45) is 3.41. The molecule has 0 spiro atoms. The number of rotatable bonds is 2. The van der Waals surface area contributed by atoms with Crippen LogP contribution < -0.4 is 0 Å². The van der Waals surface area contributed by atoms with Gasteiger partial charge >= 0.3 is 0 Å². The number of pyridine rings is 1. The SMILES string of the molecule is N#CC(=Cc1ccc(C#N)cc1)c1ccccn1. The van der Waals surface area contributed by atoms with Gasteiger partial charge < -0.3 is 0 Å². The number of benzene rings is 1. The van der Waals surface area contributed by atoms with E-state index < -0.39 is 0 Å². The molecule has 3 heteroatoms. The zero-order chi connectivity index (χ0) is 12.8. The molecule has 0 aliphatic rings. The molecule has 3 nitrogen and oxygen atoms in total. The predicted molar refractivity (Wildman–Crippen MR) is 68.9 cm³/mol. The Morgan fingerprint density at radius 2 is 1.83 bits per heavy atom. The largest absolute Gasteiger partial charge is 0.256 e. The first-order valence-electron chi connectivity index (χ1n) is 5.37. The monoisotopic (exact) mass is 231 g/mol. The minimum atomic E-state index is 0.500. The van der Waals surface area contributed by atoms with Crippen molar-refractivity contribution in [2.24, 2.45) is 0 Å². The van der Waals surface area contributed by atoms with E-state index in [1.165, 1.54) is 0 Å². The van der Waals surface area contributed by atoms with E-state index in [1.807, 2.05) is 6.07 Å². The molecule has 0 radical (unpaired) electrons. The Kier molecular flexibility index (Phi) is 3.49. The summed E-state index contributed by atoms with van der Waals surface area (Å²) in [4.78, 5) is 4.14. The van der Waals surface area contributed by atoms with Crippen LogP contribution in [0.25, 0.3) is 11.6 Å². The van der Waals surface area contributed by atoms with E-state index in [0.29, 0.717) is 16.8 Å². The number of aromatic nitrogens is 1. The summed E-state index contributed by atoms with van der Waals surface area (Å²) in [6.45, 7) is 0. The fourth-order valence-electron chi connectivity index (χ4n) is 1.51. The molecule has 0 unspecified atom stereocenters. The molecule has 0 atom stereocenters. The Bertz CT molecular complexity index is 641. The molecule has 1 heterocycles. The summed E-state index contributed by atoms with van der Waals surface area (Å²) in [5, 5.41) is 17.8. The number of nitrogens with zero attached hydrogens (tertiary/aromatic N) is 3. The Balaban J connectivity index is 2.36. The Morgan fingerprint density at radius 1 is 1.06 bits per heavy atom. The molecule has 0 aliphatic heterocycles. The average Bonchev–Trinajstić information content (AvgIpc) is 2.46. The summed E-state index contributed by atoms with van der Waals surface area (Å²) in [7, 11) is 0. The van der Waals surface area contributed by atoms with E-state index in [2.05, 4.69) is 17.1 Å². The van der Waals surface area contributed by atoms with Gasteiger partial charge in [0, 0.05) is 6.20 Å². The van der Waals surface area contributed by atoms with Crippen molar-refractivity contribution in [1.82, 2.24) is 4.98 Å². The van der Waals surface area contributed by atoms with Crippen LogP contribution in [0.2, 0.25) is 0 Å². The second-order valence-corrected chi connectivity index (χ2v) is 3.62. The molecule has 2 aromatic rings. The molecule has 0 aliphatic carbocycles. The smallest absolute Gasteiger partial charge is 0.101 e. The van der Waals surface area contributed by atoms with Gasteiger partial charge in [0.2, 0.25) is 0 Å². The minimum absolute atomic E-state index is 0.500. The van der Waals surface area contributed by atoms with Gasteiger partial charge in [0.25, 0.3) is 0 Å². The van der Waals surface area contributed by atoms with Gasteiger partial charge in [0.15, 0.2) is 0 Å². The third-order valence-corrected chi connectivity index (χ3v) is 2.41. The molecular weight excluding hydrogens is 222 g/mol. The van der Waals surface area contributed by atoms with E-state index in [9.17, 15) is 0 Å². The van der Waals surface area contributed by atoms with Crippen molar-refractivity contribution < 1.29 is 0 Å². The average molecular weight is 231 g/mol. The fraction of sp³-hybridized carbons (Fsp3) is 0. The molecule has 0 fully saturated rings. The van der Waals surface area contributed by atoms with Crippen molar-refractivity contribution in [3.8, 4) is 12.1 Å². The Labute approximate surface area is 105 Å². The van der Waals surface area contributed by atoms with E-state index in [4.69, 9.17) is 10.5 Å². The molecular formula is C15H9N3. The lowest BCUT2D eigenvalue weighted by Crippen LogP contribution is -1.86. The van der Waals surface area contributed by atoms with E-state index in [-0.39, 0.29) is 0 Å². The quantitative estimate of drug-likeness (QED) is 0.746. The van der Waals surface area contributed by atoms with Crippen molar-refractivity contribution in [1.29, 1.82) is 10.5 Å². The van der Waals surface area contributed by atoms with Crippen LogP contribution >= 0.6 is 0 Å². The molecule has 84 valence electrons. The highest BCUT2D eigenvalue weighted by Gasteiger charge is 2.01. The third kappa shape index (κ3) is 2.61. The number of hydrogen-bond donors (Lipinski definition) is 0. The maximum absolute atomic E-state index is 9.13. The van der Waals surface area contributed by atoms with Gasteiger partial charge in [0.05, 0.1) is 22.9 Å². The Morgan fingerprint density at radius 3 is 2.39 bits per heavy atom. The highest BCUT2D eigenvalue weighted by atomic mass is 14.7. The molecule has 1 aromatic heterocycles. The molecule has 0 saturated heterocycles. The van der Waals surface area contributed by atoms with Crippen LogP contribution in [0.4, 0.5) is 0 Å². The molecule has 0 saturated carbocycles. The van der Waals surface area contributed by atoms with Gasteiger partial charge in [-0.05, 0) is 35.9 Å². The number of allylic oxidation sites excluding steroid dienone is 1. The highest BCUT2D eigenvalue weighted by Crippen LogP contribution is 2.15. The van der Waals surface area contributed by atoms with Gasteiger partial charge in [-0.2, -0.15) is 10.5 Å². The maximum atomic E-state index is 9.13. The van der Waals surface area contributed by atoms with Crippen LogP contribution in [0.5, 0.6) is 0 Å². The summed E-state index contributed by atoms with van der Waals surface area (Å²) in [5.41, 5.74) is 2.62. The highest BCUT2D eigenvalue weighted by molar-refractivity contribution is 5.88. The third-order valence-electron chi connectivity index (χ3n) is 2.41. The number of nitriles is 2. The van der Waals surface area contributed by atoms with E-state index in [1.54, 1.807) is 48.7 Å².